The highest BCUT2D eigenvalue weighted by Crippen LogP contribution is 2.35. The van der Waals surface area contributed by atoms with Crippen LogP contribution in [0.25, 0.3) is 11.8 Å². The second kappa shape index (κ2) is 10.3. The van der Waals surface area contributed by atoms with Gasteiger partial charge in [0.2, 0.25) is 0 Å². The van der Waals surface area contributed by atoms with Crippen LogP contribution in [0.1, 0.15) is 29.7 Å². The zero-order valence-corrected chi connectivity index (χ0v) is 21.5. The molecule has 2 heterocycles. The van der Waals surface area contributed by atoms with Gasteiger partial charge in [0, 0.05) is 15.6 Å². The molecule has 1 aliphatic rings. The normalized spacial score (nSPS) is 15.4. The van der Waals surface area contributed by atoms with Crippen molar-refractivity contribution in [1.29, 1.82) is 0 Å². The summed E-state index contributed by atoms with van der Waals surface area (Å²) in [5.74, 6) is -0.521. The second-order valence-corrected chi connectivity index (χ2v) is 9.92. The van der Waals surface area contributed by atoms with Crippen molar-refractivity contribution >= 4 is 52.3 Å². The Morgan fingerprint density at radius 3 is 2.28 bits per heavy atom. The van der Waals surface area contributed by atoms with Crippen LogP contribution in [-0.4, -0.2) is 17.1 Å². The summed E-state index contributed by atoms with van der Waals surface area (Å²) in [6, 6.07) is 23.0. The SMILES string of the molecule is CCOC(=O)C1=C(c2ccccc2)N=c2s/c(=C\c3ccc(Cl)cc3)c(=O)n2[C@@H]1c1ccc(Cl)cc1. The Bertz CT molecular complexity index is 1640. The number of hydrogen-bond acceptors (Lipinski definition) is 5. The van der Waals surface area contributed by atoms with Crippen LogP contribution < -0.4 is 14.9 Å². The zero-order chi connectivity index (χ0) is 25.2. The number of hydrogen-bond donors (Lipinski definition) is 0. The van der Waals surface area contributed by atoms with Gasteiger partial charge in [-0.25, -0.2) is 9.79 Å². The van der Waals surface area contributed by atoms with Crippen LogP contribution in [0.15, 0.2) is 94.2 Å². The first kappa shape index (κ1) is 24.3. The Hall–Kier alpha value is -3.45. The van der Waals surface area contributed by atoms with Crippen molar-refractivity contribution in [1.82, 2.24) is 4.57 Å². The van der Waals surface area contributed by atoms with Gasteiger partial charge in [0.15, 0.2) is 4.80 Å². The Morgan fingerprint density at radius 1 is 1.00 bits per heavy atom. The van der Waals surface area contributed by atoms with E-state index < -0.39 is 12.0 Å². The van der Waals surface area contributed by atoms with Gasteiger partial charge in [-0.3, -0.25) is 9.36 Å². The number of rotatable bonds is 5. The van der Waals surface area contributed by atoms with Crippen molar-refractivity contribution in [3.05, 3.63) is 131 Å². The monoisotopic (exact) mass is 534 g/mol. The lowest BCUT2D eigenvalue weighted by atomic mass is 9.93. The Labute approximate surface area is 221 Å². The molecule has 1 aliphatic heterocycles. The molecule has 4 aromatic rings. The second-order valence-electron chi connectivity index (χ2n) is 8.03. The Kier molecular flexibility index (Phi) is 6.92. The van der Waals surface area contributed by atoms with Crippen LogP contribution in [0, 0.1) is 0 Å². The van der Waals surface area contributed by atoms with Crippen LogP contribution in [0.5, 0.6) is 0 Å². The fourth-order valence-electron chi connectivity index (χ4n) is 4.11. The molecule has 1 atom stereocenters. The highest BCUT2D eigenvalue weighted by molar-refractivity contribution is 7.07. The van der Waals surface area contributed by atoms with Gasteiger partial charge >= 0.3 is 5.97 Å². The van der Waals surface area contributed by atoms with Crippen molar-refractivity contribution in [2.45, 2.75) is 13.0 Å². The molecule has 0 saturated heterocycles. The number of aromatic nitrogens is 1. The first-order valence-electron chi connectivity index (χ1n) is 11.3. The molecule has 5 nitrogen and oxygen atoms in total. The van der Waals surface area contributed by atoms with E-state index in [0.29, 0.717) is 30.6 Å². The average Bonchev–Trinajstić information content (AvgIpc) is 3.20. The number of ether oxygens (including phenoxy) is 1. The van der Waals surface area contributed by atoms with Gasteiger partial charge in [0.25, 0.3) is 5.56 Å². The summed E-state index contributed by atoms with van der Waals surface area (Å²) >= 11 is 13.5. The molecule has 0 bridgehead atoms. The molecule has 0 aliphatic carbocycles. The van der Waals surface area contributed by atoms with Gasteiger partial charge in [0.05, 0.1) is 28.5 Å². The van der Waals surface area contributed by atoms with E-state index in [4.69, 9.17) is 32.9 Å². The number of nitrogens with zero attached hydrogens (tertiary/aromatic N) is 2. The fourth-order valence-corrected chi connectivity index (χ4v) is 5.36. The van der Waals surface area contributed by atoms with Gasteiger partial charge in [0.1, 0.15) is 0 Å². The van der Waals surface area contributed by atoms with Crippen molar-refractivity contribution in [2.24, 2.45) is 4.99 Å². The van der Waals surface area contributed by atoms with Crippen molar-refractivity contribution < 1.29 is 9.53 Å². The van der Waals surface area contributed by atoms with Crippen molar-refractivity contribution in [3.8, 4) is 0 Å². The maximum atomic E-state index is 13.8. The minimum atomic E-state index is -0.736. The molecule has 0 spiro atoms. The standard InChI is InChI=1S/C28H20Cl2N2O3S/c1-2-35-27(34)23-24(18-6-4-3-5-7-18)31-28-32(25(23)19-10-14-21(30)15-11-19)26(33)22(36-28)16-17-8-12-20(29)13-9-17/h3-16,25H,2H2,1H3/b22-16-/t25-/m1/s1. The number of esters is 1. The zero-order valence-electron chi connectivity index (χ0n) is 19.2. The smallest absolute Gasteiger partial charge is 0.338 e. The van der Waals surface area contributed by atoms with E-state index in [9.17, 15) is 9.59 Å². The largest absolute Gasteiger partial charge is 0.463 e. The minimum absolute atomic E-state index is 0.193. The van der Waals surface area contributed by atoms with Gasteiger partial charge < -0.3 is 4.74 Å². The van der Waals surface area contributed by atoms with Crippen molar-refractivity contribution in [2.75, 3.05) is 6.61 Å². The average molecular weight is 535 g/mol. The van der Waals surface area contributed by atoms with Crippen LogP contribution in [0.2, 0.25) is 10.0 Å². The minimum Gasteiger partial charge on any atom is -0.463 e. The number of benzene rings is 3. The summed E-state index contributed by atoms with van der Waals surface area (Å²) in [5.41, 5.74) is 2.85. The summed E-state index contributed by atoms with van der Waals surface area (Å²) in [5, 5.41) is 1.17. The first-order chi connectivity index (χ1) is 17.5. The molecule has 5 rings (SSSR count). The van der Waals surface area contributed by atoms with E-state index in [2.05, 4.69) is 0 Å². The molecule has 180 valence electrons. The fraction of sp³-hybridized carbons (Fsp3) is 0.107. The third-order valence-corrected chi connectivity index (χ3v) is 7.21. The van der Waals surface area contributed by atoms with Gasteiger partial charge in [-0.2, -0.15) is 0 Å². The molecule has 0 radical (unpaired) electrons. The number of carbonyl (C=O) groups excluding carboxylic acids is 1. The Balaban J connectivity index is 1.82. The summed E-state index contributed by atoms with van der Waals surface area (Å²) < 4.78 is 7.52. The maximum Gasteiger partial charge on any atom is 0.338 e. The molecular formula is C28H20Cl2N2O3S. The van der Waals surface area contributed by atoms with E-state index in [-0.39, 0.29) is 12.2 Å². The molecule has 36 heavy (non-hydrogen) atoms. The molecule has 8 heteroatoms. The van der Waals surface area contributed by atoms with Crippen LogP contribution in [0.4, 0.5) is 0 Å². The van der Waals surface area contributed by atoms with Crippen LogP contribution >= 0.6 is 34.5 Å². The first-order valence-corrected chi connectivity index (χ1v) is 12.8. The number of thiazole rings is 1. The maximum absolute atomic E-state index is 13.8. The van der Waals surface area contributed by atoms with Crippen LogP contribution in [0.3, 0.4) is 0 Å². The Morgan fingerprint density at radius 2 is 1.64 bits per heavy atom. The van der Waals surface area contributed by atoms with Gasteiger partial charge in [-0.15, -0.1) is 0 Å². The van der Waals surface area contributed by atoms with Crippen molar-refractivity contribution in [3.63, 3.8) is 0 Å². The van der Waals surface area contributed by atoms with E-state index in [1.54, 1.807) is 41.8 Å². The van der Waals surface area contributed by atoms with E-state index in [1.807, 2.05) is 54.6 Å². The molecular weight excluding hydrogens is 515 g/mol. The molecule has 0 unspecified atom stereocenters. The van der Waals surface area contributed by atoms with Gasteiger partial charge in [-0.05, 0) is 48.4 Å². The summed E-state index contributed by atoms with van der Waals surface area (Å²) in [6.07, 6.45) is 1.80. The molecule has 0 N–H and O–H groups in total. The molecule has 1 aromatic heterocycles. The lowest BCUT2D eigenvalue weighted by Gasteiger charge is -2.25. The van der Waals surface area contributed by atoms with E-state index >= 15 is 0 Å². The quantitative estimate of drug-likeness (QED) is 0.329. The predicted octanol–water partition coefficient (Wildman–Crippen LogP) is 5.24. The predicted molar refractivity (Wildman–Crippen MR) is 144 cm³/mol. The highest BCUT2D eigenvalue weighted by Gasteiger charge is 2.35. The van der Waals surface area contributed by atoms with E-state index in [1.165, 1.54) is 11.3 Å². The highest BCUT2D eigenvalue weighted by atomic mass is 35.5. The number of halogens is 2. The topological polar surface area (TPSA) is 60.7 Å². The lowest BCUT2D eigenvalue weighted by molar-refractivity contribution is -0.138. The molecule has 0 fully saturated rings. The van der Waals surface area contributed by atoms with Gasteiger partial charge in [-0.1, -0.05) is 89.1 Å². The molecule has 0 amide bonds. The molecule has 0 saturated carbocycles. The lowest BCUT2D eigenvalue weighted by Crippen LogP contribution is -2.40. The van der Waals surface area contributed by atoms with Crippen LogP contribution in [-0.2, 0) is 9.53 Å². The number of carbonyl (C=O) groups is 1. The van der Waals surface area contributed by atoms with E-state index in [0.717, 1.165) is 16.7 Å². The third-order valence-electron chi connectivity index (χ3n) is 5.73. The number of fused-ring (bicyclic) bond motifs is 1. The molecule has 3 aromatic carbocycles. The summed E-state index contributed by atoms with van der Waals surface area (Å²) in [6.45, 7) is 1.94. The third kappa shape index (κ3) is 4.67. The summed E-state index contributed by atoms with van der Waals surface area (Å²) in [7, 11) is 0. The summed E-state index contributed by atoms with van der Waals surface area (Å²) in [4.78, 5) is 32.5.